The molecule has 0 N–H and O–H groups in total. The van der Waals surface area contributed by atoms with E-state index in [-0.39, 0.29) is 10.8 Å². The van der Waals surface area contributed by atoms with Crippen molar-refractivity contribution < 1.29 is 33.0 Å². The highest BCUT2D eigenvalue weighted by molar-refractivity contribution is 7.19. The quantitative estimate of drug-likeness (QED) is 0.0903. The van der Waals surface area contributed by atoms with Gasteiger partial charge >= 0.3 is 0 Å². The number of ether oxygens (including phenoxy) is 6. The normalized spacial score (nSPS) is 15.3. The summed E-state index contributed by atoms with van der Waals surface area (Å²) in [7, 11) is 14.5. The van der Waals surface area contributed by atoms with Crippen LogP contribution in [0.5, 0.6) is 34.5 Å². The van der Waals surface area contributed by atoms with Crippen molar-refractivity contribution in [2.45, 2.75) is 38.5 Å². The maximum Gasteiger partial charge on any atom is 0.209 e. The van der Waals surface area contributed by atoms with E-state index in [2.05, 4.69) is 142 Å². The Hall–Kier alpha value is -6.87. The highest BCUT2D eigenvalue weighted by atomic mass is 16.5. The molecule has 0 bridgehead atoms. The fourth-order valence-corrected chi connectivity index (χ4v) is 9.84. The van der Waals surface area contributed by atoms with Crippen molar-refractivity contribution in [2.75, 3.05) is 61.7 Å². The molecule has 330 valence electrons. The Morgan fingerprint density at radius 1 is 0.469 bits per heavy atom. The number of benzene rings is 6. The zero-order valence-corrected chi connectivity index (χ0v) is 39.4. The van der Waals surface area contributed by atoms with Gasteiger partial charge in [0, 0.05) is 41.6 Å². The lowest BCUT2D eigenvalue weighted by Gasteiger charge is -2.44. The number of allylic oxidation sites excluding steroid dienone is 4. The van der Waals surface area contributed by atoms with Gasteiger partial charge in [0.15, 0.2) is 5.71 Å². The van der Waals surface area contributed by atoms with E-state index < -0.39 is 6.15 Å². The van der Waals surface area contributed by atoms with Crippen molar-refractivity contribution in [1.82, 2.24) is 0 Å². The molecule has 0 fully saturated rings. The molecular formula is C55H61BN2O6. The first-order valence-corrected chi connectivity index (χ1v) is 21.6. The maximum atomic E-state index is 5.46. The van der Waals surface area contributed by atoms with Crippen molar-refractivity contribution >= 4 is 45.1 Å². The molecule has 0 radical (unpaired) electrons. The molecule has 8 rings (SSSR count). The Kier molecular flexibility index (Phi) is 13.0. The molecule has 0 unspecified atom stereocenters. The zero-order chi connectivity index (χ0) is 45.8. The molecule has 6 aromatic carbocycles. The van der Waals surface area contributed by atoms with Crippen LogP contribution in [-0.4, -0.2) is 73.2 Å². The van der Waals surface area contributed by atoms with E-state index in [4.69, 9.17) is 28.4 Å². The van der Waals surface area contributed by atoms with Crippen LogP contribution in [0.1, 0.15) is 38.8 Å². The molecule has 8 nitrogen and oxygen atoms in total. The largest absolute Gasteiger partial charge is 0.497 e. The van der Waals surface area contributed by atoms with Crippen LogP contribution >= 0.6 is 0 Å². The fraction of sp³-hybridized carbons (Fsp3) is 0.255. The molecule has 64 heavy (non-hydrogen) atoms. The second-order valence-electron chi connectivity index (χ2n) is 17.4. The van der Waals surface area contributed by atoms with Gasteiger partial charge in [-0.15, -0.1) is 0 Å². The molecule has 0 amide bonds. The zero-order valence-electron chi connectivity index (χ0n) is 39.4. The summed E-state index contributed by atoms with van der Waals surface area (Å²) in [5.41, 5.74) is 12.1. The fourth-order valence-electron chi connectivity index (χ4n) is 9.84. The van der Waals surface area contributed by atoms with Gasteiger partial charge in [-0.2, -0.15) is 26.4 Å². The highest BCUT2D eigenvalue weighted by Crippen LogP contribution is 2.48. The van der Waals surface area contributed by atoms with Crippen LogP contribution in [0.3, 0.4) is 0 Å². The second kappa shape index (κ2) is 18.5. The Bertz CT molecular complexity index is 2490. The van der Waals surface area contributed by atoms with Crippen LogP contribution in [0, 0.1) is 0 Å². The smallest absolute Gasteiger partial charge is 0.209 e. The monoisotopic (exact) mass is 856 g/mol. The molecule has 2 aliphatic heterocycles. The molecule has 0 atom stereocenters. The van der Waals surface area contributed by atoms with Gasteiger partial charge in [0.25, 0.3) is 0 Å². The Morgan fingerprint density at radius 3 is 1.22 bits per heavy atom. The average Bonchev–Trinajstić information content (AvgIpc) is 3.65. The van der Waals surface area contributed by atoms with Gasteiger partial charge in [0.05, 0.1) is 48.1 Å². The van der Waals surface area contributed by atoms with E-state index in [0.29, 0.717) is 0 Å². The van der Waals surface area contributed by atoms with Crippen molar-refractivity contribution in [3.05, 3.63) is 169 Å². The number of methoxy groups -OCH3 is 6. The molecule has 2 aliphatic rings. The lowest BCUT2D eigenvalue weighted by atomic mass is 9.13. The minimum atomic E-state index is -1.52. The van der Waals surface area contributed by atoms with Crippen LogP contribution < -0.4 is 55.2 Å². The van der Waals surface area contributed by atoms with Crippen molar-refractivity contribution in [3.8, 4) is 34.5 Å². The van der Waals surface area contributed by atoms with Gasteiger partial charge in [-0.3, -0.25) is 0 Å². The Labute approximate surface area is 379 Å². The Morgan fingerprint density at radius 2 is 0.828 bits per heavy atom. The van der Waals surface area contributed by atoms with Gasteiger partial charge in [-0.05, 0) is 104 Å². The predicted octanol–water partition coefficient (Wildman–Crippen LogP) is 8.68. The van der Waals surface area contributed by atoms with E-state index >= 15 is 0 Å². The lowest BCUT2D eigenvalue weighted by molar-refractivity contribution is -0.401. The molecule has 0 saturated carbocycles. The first-order valence-electron chi connectivity index (χ1n) is 21.6. The summed E-state index contributed by atoms with van der Waals surface area (Å²) in [5.74, 6) is 5.08. The van der Waals surface area contributed by atoms with Crippen LogP contribution in [0.25, 0.3) is 0 Å². The van der Waals surface area contributed by atoms with Gasteiger partial charge in [0.2, 0.25) is 5.69 Å². The standard InChI is InChI=1S/C28H28BO4.C27H33N2O2/c1-30-25-13-5-21(6-14-25)29(22-7-15-26(31-2)16-8-22,23-9-17-27(32-3)18-10-23)24-11-19-28(33-4)20-12-24;1-26(2)20-16-18(30-7)12-14-22(20)28(5)24(26)10-9-11-25-27(3,4)21-17-19(31-8)13-15-23(21)29(25)6/h5-20H,1-4H3;9-17H,1-8H3/q-1;+1. The van der Waals surface area contributed by atoms with E-state index in [1.807, 2.05) is 60.7 Å². The maximum absolute atomic E-state index is 5.46. The molecule has 6 aromatic rings. The molecule has 0 spiro atoms. The topological polar surface area (TPSA) is 61.6 Å². The van der Waals surface area contributed by atoms with E-state index in [1.165, 1.54) is 55.8 Å². The van der Waals surface area contributed by atoms with Crippen LogP contribution in [0.15, 0.2) is 157 Å². The highest BCUT2D eigenvalue weighted by Gasteiger charge is 2.43. The summed E-state index contributed by atoms with van der Waals surface area (Å²) in [5, 5.41) is 0. The van der Waals surface area contributed by atoms with Crippen molar-refractivity contribution in [1.29, 1.82) is 0 Å². The van der Waals surface area contributed by atoms with Gasteiger partial charge in [-0.1, -0.05) is 68.5 Å². The molecular weight excluding hydrogens is 795 g/mol. The van der Waals surface area contributed by atoms with Gasteiger partial charge < -0.3 is 33.3 Å². The number of rotatable bonds is 12. The lowest BCUT2D eigenvalue weighted by Crippen LogP contribution is -2.74. The number of fused-ring (bicyclic) bond motifs is 2. The van der Waals surface area contributed by atoms with Gasteiger partial charge in [0.1, 0.15) is 47.7 Å². The summed E-state index contributed by atoms with van der Waals surface area (Å²) in [6, 6.07) is 46.0. The van der Waals surface area contributed by atoms with E-state index in [0.717, 1.165) is 34.5 Å². The summed E-state index contributed by atoms with van der Waals surface area (Å²) < 4.78 is 35.0. The number of hydrogen-bond acceptors (Lipinski definition) is 7. The summed E-state index contributed by atoms with van der Waals surface area (Å²) >= 11 is 0. The second-order valence-corrected chi connectivity index (χ2v) is 17.4. The molecule has 9 heteroatoms. The minimum absolute atomic E-state index is 0.0962. The Balaban J connectivity index is 0.000000192. The van der Waals surface area contributed by atoms with Crippen molar-refractivity contribution in [2.24, 2.45) is 0 Å². The van der Waals surface area contributed by atoms with E-state index in [1.54, 1.807) is 42.7 Å². The summed E-state index contributed by atoms with van der Waals surface area (Å²) in [6.07, 6.45) is 5.15. The molecule has 0 aliphatic carbocycles. The van der Waals surface area contributed by atoms with Gasteiger partial charge in [-0.25, -0.2) is 0 Å². The molecule has 0 aromatic heterocycles. The third-order valence-electron chi connectivity index (χ3n) is 13.5. The van der Waals surface area contributed by atoms with Crippen molar-refractivity contribution in [3.63, 3.8) is 0 Å². The number of likely N-dealkylation sites (N-methyl/N-ethyl adjacent to an activating group) is 1. The van der Waals surface area contributed by atoms with Crippen LogP contribution in [-0.2, 0) is 10.8 Å². The molecule has 2 heterocycles. The number of anilines is 1. The first-order chi connectivity index (χ1) is 30.8. The summed E-state index contributed by atoms with van der Waals surface area (Å²) in [4.78, 5) is 2.28. The SMILES string of the molecule is COc1ccc([B-](c2ccc(OC)cc2)(c2ccc(OC)cc2)c2ccc(OC)cc2)cc1.COc1ccc2c(c1)C(C)(C)C(/C=C/C=C1/N(C)c3ccc(OC)cc3C1(C)C)=[N+]2C. The predicted molar refractivity (Wildman–Crippen MR) is 265 cm³/mol. The molecule has 0 saturated heterocycles. The third-order valence-corrected chi connectivity index (χ3v) is 13.5. The third kappa shape index (κ3) is 8.11. The summed E-state index contributed by atoms with van der Waals surface area (Å²) in [6.45, 7) is 9.09. The van der Waals surface area contributed by atoms with E-state index in [9.17, 15) is 0 Å². The average molecular weight is 857 g/mol. The van der Waals surface area contributed by atoms with Crippen LogP contribution in [0.4, 0.5) is 11.4 Å². The van der Waals surface area contributed by atoms with Crippen LogP contribution in [0.2, 0.25) is 0 Å². The number of hydrogen-bond donors (Lipinski definition) is 0. The number of nitrogens with zero attached hydrogens (tertiary/aromatic N) is 2. The first kappa shape index (κ1) is 45.2. The minimum Gasteiger partial charge on any atom is -0.497 e.